The number of nitrogens with zero attached hydrogens (tertiary/aromatic N) is 1. The summed E-state index contributed by atoms with van der Waals surface area (Å²) in [6, 6.07) is 4.64. The number of methoxy groups -OCH3 is 1. The number of pyridine rings is 1. The summed E-state index contributed by atoms with van der Waals surface area (Å²) >= 11 is 0. The van der Waals surface area contributed by atoms with E-state index in [9.17, 15) is 0 Å². The predicted octanol–water partition coefficient (Wildman–Crippen LogP) is 2.95. The van der Waals surface area contributed by atoms with E-state index in [1.54, 1.807) is 7.11 Å². The summed E-state index contributed by atoms with van der Waals surface area (Å²) < 4.78 is 10.9. The van der Waals surface area contributed by atoms with Gasteiger partial charge in [-0.3, -0.25) is 0 Å². The molecule has 0 saturated heterocycles. The number of rotatable bonds is 9. The average molecular weight is 280 g/mol. The van der Waals surface area contributed by atoms with Crippen molar-refractivity contribution in [2.75, 3.05) is 13.7 Å². The van der Waals surface area contributed by atoms with Crippen LogP contribution in [0.15, 0.2) is 12.1 Å². The van der Waals surface area contributed by atoms with E-state index in [1.807, 2.05) is 13.0 Å². The van der Waals surface area contributed by atoms with E-state index in [2.05, 4.69) is 37.1 Å². The van der Waals surface area contributed by atoms with Crippen molar-refractivity contribution in [1.82, 2.24) is 10.3 Å². The maximum absolute atomic E-state index is 5.83. The molecule has 1 unspecified atom stereocenters. The van der Waals surface area contributed by atoms with Crippen LogP contribution in [-0.2, 0) is 17.7 Å². The average Bonchev–Trinajstić information content (AvgIpc) is 2.36. The molecular weight excluding hydrogens is 252 g/mol. The molecule has 1 heterocycles. The Morgan fingerprint density at radius 2 is 2.00 bits per heavy atom. The van der Waals surface area contributed by atoms with Crippen molar-refractivity contribution < 1.29 is 9.47 Å². The summed E-state index contributed by atoms with van der Waals surface area (Å²) in [5.74, 6) is 0.695. The molecule has 0 spiro atoms. The molecule has 1 atom stereocenters. The summed E-state index contributed by atoms with van der Waals surface area (Å²) in [6.45, 7) is 9.85. The highest BCUT2D eigenvalue weighted by Crippen LogP contribution is 2.16. The van der Waals surface area contributed by atoms with Crippen molar-refractivity contribution in [3.05, 3.63) is 23.4 Å². The van der Waals surface area contributed by atoms with Gasteiger partial charge in [0.05, 0.1) is 6.61 Å². The first-order valence-electron chi connectivity index (χ1n) is 7.44. The van der Waals surface area contributed by atoms with Gasteiger partial charge in [-0.05, 0) is 25.0 Å². The van der Waals surface area contributed by atoms with Gasteiger partial charge in [0.15, 0.2) is 0 Å². The van der Waals surface area contributed by atoms with Crippen LogP contribution >= 0.6 is 0 Å². The first kappa shape index (κ1) is 16.9. The first-order chi connectivity index (χ1) is 9.55. The lowest BCUT2D eigenvalue weighted by atomic mass is 10.1. The van der Waals surface area contributed by atoms with Crippen molar-refractivity contribution in [1.29, 1.82) is 0 Å². The Morgan fingerprint density at radius 3 is 2.60 bits per heavy atom. The molecule has 0 aliphatic heterocycles. The van der Waals surface area contributed by atoms with Gasteiger partial charge in [0.1, 0.15) is 6.10 Å². The van der Waals surface area contributed by atoms with Gasteiger partial charge in [0.2, 0.25) is 5.88 Å². The SMILES string of the molecule is CCCc1cc(CNC(C)C)cc(OC(C)COC)n1. The lowest BCUT2D eigenvalue weighted by Crippen LogP contribution is -2.22. The molecule has 0 fully saturated rings. The highest BCUT2D eigenvalue weighted by Gasteiger charge is 2.08. The van der Waals surface area contributed by atoms with Gasteiger partial charge in [0.25, 0.3) is 0 Å². The summed E-state index contributed by atoms with van der Waals surface area (Å²) in [7, 11) is 1.68. The molecule has 0 radical (unpaired) electrons. The third-order valence-electron chi connectivity index (χ3n) is 2.86. The van der Waals surface area contributed by atoms with Gasteiger partial charge in [-0.2, -0.15) is 0 Å². The van der Waals surface area contributed by atoms with Crippen LogP contribution in [0.1, 0.15) is 45.4 Å². The minimum absolute atomic E-state index is 0.00952. The zero-order valence-corrected chi connectivity index (χ0v) is 13.4. The number of hydrogen-bond donors (Lipinski definition) is 1. The molecule has 0 aromatic carbocycles. The molecule has 1 rings (SSSR count). The Balaban J connectivity index is 2.80. The van der Waals surface area contributed by atoms with Gasteiger partial charge in [-0.25, -0.2) is 4.98 Å². The van der Waals surface area contributed by atoms with Crippen molar-refractivity contribution in [2.45, 2.75) is 59.2 Å². The van der Waals surface area contributed by atoms with Crippen LogP contribution in [0.5, 0.6) is 5.88 Å². The zero-order valence-electron chi connectivity index (χ0n) is 13.4. The maximum Gasteiger partial charge on any atom is 0.214 e. The second-order valence-electron chi connectivity index (χ2n) is 5.47. The van der Waals surface area contributed by atoms with Crippen LogP contribution in [0.4, 0.5) is 0 Å². The molecule has 0 aliphatic rings. The zero-order chi connectivity index (χ0) is 15.0. The fraction of sp³-hybridized carbons (Fsp3) is 0.688. The Morgan fingerprint density at radius 1 is 1.25 bits per heavy atom. The van der Waals surface area contributed by atoms with Gasteiger partial charge in [0, 0.05) is 31.5 Å². The molecule has 0 bridgehead atoms. The predicted molar refractivity (Wildman–Crippen MR) is 82.2 cm³/mol. The third-order valence-corrected chi connectivity index (χ3v) is 2.86. The smallest absolute Gasteiger partial charge is 0.214 e. The van der Waals surface area contributed by atoms with E-state index in [1.165, 1.54) is 5.56 Å². The molecule has 20 heavy (non-hydrogen) atoms. The maximum atomic E-state index is 5.83. The van der Waals surface area contributed by atoms with E-state index < -0.39 is 0 Å². The number of aryl methyl sites for hydroxylation is 1. The van der Waals surface area contributed by atoms with E-state index >= 15 is 0 Å². The standard InChI is InChI=1S/C16H28N2O2/c1-6-7-15-8-14(10-17-12(2)3)9-16(18-15)20-13(4)11-19-5/h8-9,12-13,17H,6-7,10-11H2,1-5H3. The Hall–Kier alpha value is -1.13. The minimum Gasteiger partial charge on any atom is -0.472 e. The Bertz CT molecular complexity index is 394. The highest BCUT2D eigenvalue weighted by atomic mass is 16.5. The second-order valence-corrected chi connectivity index (χ2v) is 5.47. The molecule has 4 heteroatoms. The molecule has 1 N–H and O–H groups in total. The fourth-order valence-electron chi connectivity index (χ4n) is 1.96. The topological polar surface area (TPSA) is 43.4 Å². The Kier molecular flexibility index (Phi) is 7.55. The van der Waals surface area contributed by atoms with Crippen LogP contribution in [0.3, 0.4) is 0 Å². The lowest BCUT2D eigenvalue weighted by molar-refractivity contribution is 0.0887. The molecule has 1 aromatic rings. The number of hydrogen-bond acceptors (Lipinski definition) is 4. The van der Waals surface area contributed by atoms with Gasteiger partial charge < -0.3 is 14.8 Å². The molecular formula is C16H28N2O2. The summed E-state index contributed by atoms with van der Waals surface area (Å²) in [5.41, 5.74) is 2.31. The van der Waals surface area contributed by atoms with Crippen LogP contribution < -0.4 is 10.1 Å². The van der Waals surface area contributed by atoms with E-state index in [0.717, 1.165) is 25.1 Å². The molecule has 0 aliphatic carbocycles. The summed E-state index contributed by atoms with van der Waals surface area (Å²) in [5, 5.41) is 3.43. The molecule has 114 valence electrons. The van der Waals surface area contributed by atoms with Crippen molar-refractivity contribution >= 4 is 0 Å². The summed E-state index contributed by atoms with van der Waals surface area (Å²) in [4.78, 5) is 4.57. The minimum atomic E-state index is 0.00952. The lowest BCUT2D eigenvalue weighted by Gasteiger charge is -2.15. The van der Waals surface area contributed by atoms with Crippen LogP contribution in [0.2, 0.25) is 0 Å². The van der Waals surface area contributed by atoms with Crippen LogP contribution in [0.25, 0.3) is 0 Å². The molecule has 4 nitrogen and oxygen atoms in total. The third kappa shape index (κ3) is 6.35. The van der Waals surface area contributed by atoms with Crippen LogP contribution in [-0.4, -0.2) is 30.8 Å². The fourth-order valence-corrected chi connectivity index (χ4v) is 1.96. The second kappa shape index (κ2) is 8.93. The molecule has 0 amide bonds. The number of ether oxygens (including phenoxy) is 2. The van der Waals surface area contributed by atoms with Crippen molar-refractivity contribution in [3.63, 3.8) is 0 Å². The summed E-state index contributed by atoms with van der Waals surface area (Å²) in [6.07, 6.45) is 2.07. The van der Waals surface area contributed by atoms with Gasteiger partial charge in [-0.15, -0.1) is 0 Å². The van der Waals surface area contributed by atoms with E-state index in [0.29, 0.717) is 18.5 Å². The quantitative estimate of drug-likeness (QED) is 0.755. The number of aromatic nitrogens is 1. The first-order valence-corrected chi connectivity index (χ1v) is 7.44. The molecule has 1 aromatic heterocycles. The van der Waals surface area contributed by atoms with Crippen molar-refractivity contribution in [3.8, 4) is 5.88 Å². The monoisotopic (exact) mass is 280 g/mol. The van der Waals surface area contributed by atoms with Gasteiger partial charge >= 0.3 is 0 Å². The number of nitrogens with one attached hydrogen (secondary N) is 1. The molecule has 0 saturated carbocycles. The van der Waals surface area contributed by atoms with E-state index in [4.69, 9.17) is 9.47 Å². The Labute approximate surface area is 122 Å². The van der Waals surface area contributed by atoms with Gasteiger partial charge in [-0.1, -0.05) is 27.2 Å². The van der Waals surface area contributed by atoms with Crippen molar-refractivity contribution in [2.24, 2.45) is 0 Å². The van der Waals surface area contributed by atoms with E-state index in [-0.39, 0.29) is 6.10 Å². The van der Waals surface area contributed by atoms with Crippen LogP contribution in [0, 0.1) is 0 Å². The normalized spacial score (nSPS) is 12.7. The highest BCUT2D eigenvalue weighted by molar-refractivity contribution is 5.25. The largest absolute Gasteiger partial charge is 0.472 e.